The van der Waals surface area contributed by atoms with Gasteiger partial charge in [-0.15, -0.1) is 11.3 Å². The fourth-order valence-corrected chi connectivity index (χ4v) is 2.56. The number of nitrogens with zero attached hydrogens (tertiary/aromatic N) is 2. The Labute approximate surface area is 119 Å². The number of thiazole rings is 1. The highest BCUT2D eigenvalue weighted by atomic mass is 32.1. The molecular weight excluding hydrogens is 274 g/mol. The first-order valence-corrected chi connectivity index (χ1v) is 6.94. The van der Waals surface area contributed by atoms with E-state index >= 15 is 0 Å². The lowest BCUT2D eigenvalue weighted by atomic mass is 10.2. The molecule has 0 saturated carbocycles. The lowest BCUT2D eigenvalue weighted by molar-refractivity contribution is 0.0947. The lowest BCUT2D eigenvalue weighted by Gasteiger charge is -2.01. The molecule has 3 aromatic rings. The molecule has 0 aliphatic rings. The van der Waals surface area contributed by atoms with E-state index in [1.54, 1.807) is 29.5 Å². The molecule has 6 nitrogen and oxygen atoms in total. The van der Waals surface area contributed by atoms with E-state index in [0.717, 1.165) is 21.6 Å². The number of rotatable bonds is 3. The molecule has 0 bridgehead atoms. The molecule has 1 amide bonds. The van der Waals surface area contributed by atoms with Gasteiger partial charge >= 0.3 is 0 Å². The van der Waals surface area contributed by atoms with Crippen LogP contribution in [0.3, 0.4) is 0 Å². The van der Waals surface area contributed by atoms with Gasteiger partial charge < -0.3 is 11.1 Å². The molecule has 0 aliphatic carbocycles. The second kappa shape index (κ2) is 4.93. The van der Waals surface area contributed by atoms with Gasteiger partial charge in [0.2, 0.25) is 0 Å². The average molecular weight is 287 g/mol. The van der Waals surface area contributed by atoms with Gasteiger partial charge in [0, 0.05) is 16.5 Å². The molecule has 0 radical (unpaired) electrons. The number of nitrogen functional groups attached to an aromatic ring is 1. The second-order valence-electron chi connectivity index (χ2n) is 4.42. The van der Waals surface area contributed by atoms with E-state index < -0.39 is 0 Å². The molecule has 0 aliphatic heterocycles. The summed E-state index contributed by atoms with van der Waals surface area (Å²) in [7, 11) is 0. The van der Waals surface area contributed by atoms with Crippen molar-refractivity contribution in [1.29, 1.82) is 0 Å². The van der Waals surface area contributed by atoms with Crippen LogP contribution in [0.25, 0.3) is 10.9 Å². The number of H-pyrrole nitrogens is 1. The normalized spacial score (nSPS) is 10.8. The number of aromatic nitrogens is 3. The van der Waals surface area contributed by atoms with Gasteiger partial charge in [-0.2, -0.15) is 5.10 Å². The number of amides is 1. The Morgan fingerprint density at radius 3 is 3.10 bits per heavy atom. The number of benzene rings is 1. The maximum absolute atomic E-state index is 12.2. The number of carbonyl (C=O) groups is 1. The van der Waals surface area contributed by atoms with E-state index in [-0.39, 0.29) is 5.91 Å². The number of hydrogen-bond donors (Lipinski definition) is 3. The van der Waals surface area contributed by atoms with Crippen molar-refractivity contribution >= 4 is 33.8 Å². The smallest absolute Gasteiger partial charge is 0.272 e. The Balaban J connectivity index is 1.80. The summed E-state index contributed by atoms with van der Waals surface area (Å²) in [4.78, 5) is 16.4. The number of nitrogens with two attached hydrogens (primary N) is 1. The molecule has 1 aromatic carbocycles. The summed E-state index contributed by atoms with van der Waals surface area (Å²) in [5.41, 5.74) is 8.32. The zero-order valence-corrected chi connectivity index (χ0v) is 11.6. The van der Waals surface area contributed by atoms with Gasteiger partial charge in [-0.25, -0.2) is 4.98 Å². The van der Waals surface area contributed by atoms with Crippen molar-refractivity contribution in [2.75, 3.05) is 5.73 Å². The molecule has 0 atom stereocenters. The van der Waals surface area contributed by atoms with Gasteiger partial charge in [0.1, 0.15) is 0 Å². The highest BCUT2D eigenvalue weighted by Crippen LogP contribution is 2.19. The summed E-state index contributed by atoms with van der Waals surface area (Å²) in [6.45, 7) is 2.32. The number of anilines is 1. The molecule has 0 fully saturated rings. The monoisotopic (exact) mass is 287 g/mol. The maximum atomic E-state index is 12.2. The largest absolute Gasteiger partial charge is 0.399 e. The number of hydrogen-bond acceptors (Lipinski definition) is 5. The molecule has 3 rings (SSSR count). The highest BCUT2D eigenvalue weighted by Gasteiger charge is 2.14. The van der Waals surface area contributed by atoms with Crippen molar-refractivity contribution in [3.63, 3.8) is 0 Å². The van der Waals surface area contributed by atoms with Crippen LogP contribution in [-0.4, -0.2) is 21.1 Å². The molecule has 0 saturated heterocycles. The van der Waals surface area contributed by atoms with E-state index in [4.69, 9.17) is 5.73 Å². The molecule has 20 heavy (non-hydrogen) atoms. The van der Waals surface area contributed by atoms with Crippen LogP contribution in [0.4, 0.5) is 5.69 Å². The Kier molecular flexibility index (Phi) is 3.11. The van der Waals surface area contributed by atoms with Crippen molar-refractivity contribution in [1.82, 2.24) is 20.5 Å². The number of carbonyl (C=O) groups excluding carboxylic acids is 1. The Morgan fingerprint density at radius 2 is 2.35 bits per heavy atom. The number of aryl methyl sites for hydroxylation is 1. The third-order valence-electron chi connectivity index (χ3n) is 2.90. The molecule has 102 valence electrons. The number of fused-ring (bicyclic) bond motifs is 1. The van der Waals surface area contributed by atoms with Crippen LogP contribution in [0.1, 0.15) is 21.2 Å². The molecule has 7 heteroatoms. The molecule has 0 unspecified atom stereocenters. The quantitative estimate of drug-likeness (QED) is 0.640. The Morgan fingerprint density at radius 1 is 1.50 bits per heavy atom. The van der Waals surface area contributed by atoms with Gasteiger partial charge in [0.05, 0.1) is 22.8 Å². The Bertz CT molecular complexity index is 776. The minimum absolute atomic E-state index is 0.243. The van der Waals surface area contributed by atoms with Crippen LogP contribution in [0, 0.1) is 6.92 Å². The predicted octanol–water partition coefficient (Wildman–Crippen LogP) is 1.84. The minimum Gasteiger partial charge on any atom is -0.399 e. The van der Waals surface area contributed by atoms with Crippen LogP contribution >= 0.6 is 11.3 Å². The zero-order valence-electron chi connectivity index (χ0n) is 10.8. The zero-order chi connectivity index (χ0) is 14.1. The van der Waals surface area contributed by atoms with E-state index in [2.05, 4.69) is 20.5 Å². The molecule has 4 N–H and O–H groups in total. The van der Waals surface area contributed by atoms with Crippen molar-refractivity contribution in [2.45, 2.75) is 13.5 Å². The van der Waals surface area contributed by atoms with E-state index in [9.17, 15) is 4.79 Å². The SMILES string of the molecule is Cc1nc(CNC(=O)c2n[nH]c3ccc(N)cc23)cs1. The van der Waals surface area contributed by atoms with E-state index in [1.165, 1.54) is 0 Å². The third kappa shape index (κ3) is 2.35. The first kappa shape index (κ1) is 12.6. The van der Waals surface area contributed by atoms with Gasteiger partial charge in [-0.1, -0.05) is 0 Å². The van der Waals surface area contributed by atoms with Gasteiger partial charge in [0.15, 0.2) is 5.69 Å². The molecule has 2 aromatic heterocycles. The van der Waals surface area contributed by atoms with Gasteiger partial charge in [-0.3, -0.25) is 9.89 Å². The summed E-state index contributed by atoms with van der Waals surface area (Å²) in [6.07, 6.45) is 0. The summed E-state index contributed by atoms with van der Waals surface area (Å²) in [5, 5.41) is 13.3. The Hall–Kier alpha value is -2.41. The highest BCUT2D eigenvalue weighted by molar-refractivity contribution is 7.09. The third-order valence-corrected chi connectivity index (χ3v) is 3.72. The fraction of sp³-hybridized carbons (Fsp3) is 0.154. The first-order valence-electron chi connectivity index (χ1n) is 6.06. The van der Waals surface area contributed by atoms with E-state index in [0.29, 0.717) is 17.9 Å². The lowest BCUT2D eigenvalue weighted by Crippen LogP contribution is -2.23. The van der Waals surface area contributed by atoms with E-state index in [1.807, 2.05) is 12.3 Å². The van der Waals surface area contributed by atoms with Crippen molar-refractivity contribution in [2.24, 2.45) is 0 Å². The van der Waals surface area contributed by atoms with Crippen molar-refractivity contribution in [3.05, 3.63) is 40.0 Å². The second-order valence-corrected chi connectivity index (χ2v) is 5.48. The summed E-state index contributed by atoms with van der Waals surface area (Å²) in [6, 6.07) is 5.30. The van der Waals surface area contributed by atoms with Crippen LogP contribution < -0.4 is 11.1 Å². The molecular formula is C13H13N5OS. The molecule has 2 heterocycles. The van der Waals surface area contributed by atoms with Crippen LogP contribution in [0.2, 0.25) is 0 Å². The van der Waals surface area contributed by atoms with Crippen LogP contribution in [-0.2, 0) is 6.54 Å². The number of aromatic amines is 1. The average Bonchev–Trinajstić information content (AvgIpc) is 3.02. The minimum atomic E-state index is -0.243. The summed E-state index contributed by atoms with van der Waals surface area (Å²) < 4.78 is 0. The summed E-state index contributed by atoms with van der Waals surface area (Å²) in [5.74, 6) is -0.243. The summed E-state index contributed by atoms with van der Waals surface area (Å²) >= 11 is 1.56. The molecule has 0 spiro atoms. The van der Waals surface area contributed by atoms with Gasteiger partial charge in [-0.05, 0) is 25.1 Å². The van der Waals surface area contributed by atoms with Crippen molar-refractivity contribution < 1.29 is 4.79 Å². The number of nitrogens with one attached hydrogen (secondary N) is 2. The standard InChI is InChI=1S/C13H13N5OS/c1-7-16-9(6-20-7)5-15-13(19)12-10-4-8(14)2-3-11(10)17-18-12/h2-4,6H,5,14H2,1H3,(H,15,19)(H,17,18). The predicted molar refractivity (Wildman–Crippen MR) is 78.5 cm³/mol. The van der Waals surface area contributed by atoms with Crippen LogP contribution in [0.5, 0.6) is 0 Å². The van der Waals surface area contributed by atoms with Crippen molar-refractivity contribution in [3.8, 4) is 0 Å². The maximum Gasteiger partial charge on any atom is 0.272 e. The van der Waals surface area contributed by atoms with Crippen LogP contribution in [0.15, 0.2) is 23.6 Å². The van der Waals surface area contributed by atoms with Gasteiger partial charge in [0.25, 0.3) is 5.91 Å². The fourth-order valence-electron chi connectivity index (χ4n) is 1.95. The topological polar surface area (TPSA) is 96.7 Å². The first-order chi connectivity index (χ1) is 9.63.